The third-order valence-electron chi connectivity index (χ3n) is 6.26. The van der Waals surface area contributed by atoms with Crippen LogP contribution in [0.4, 0.5) is 5.13 Å². The van der Waals surface area contributed by atoms with E-state index in [-0.39, 0.29) is 0 Å². The zero-order valence-electron chi connectivity index (χ0n) is 20.2. The number of nitrogens with zero attached hydrogens (tertiary/aromatic N) is 5. The van der Waals surface area contributed by atoms with Crippen molar-refractivity contribution in [1.82, 2.24) is 19.6 Å². The Morgan fingerprint density at radius 1 is 1.05 bits per heavy atom. The van der Waals surface area contributed by atoms with Crippen molar-refractivity contribution >= 4 is 43.7 Å². The number of furan rings is 1. The summed E-state index contributed by atoms with van der Waals surface area (Å²) in [6, 6.07) is 3.78. The van der Waals surface area contributed by atoms with Crippen LogP contribution in [0.2, 0.25) is 0 Å². The summed E-state index contributed by atoms with van der Waals surface area (Å²) in [4.78, 5) is 13.6. The highest BCUT2D eigenvalue weighted by molar-refractivity contribution is 7.18. The number of morpholine rings is 1. The van der Waals surface area contributed by atoms with Crippen LogP contribution in [0.5, 0.6) is 22.4 Å². The van der Waals surface area contributed by atoms with Crippen molar-refractivity contribution in [1.29, 1.82) is 0 Å². The molecule has 0 aliphatic carbocycles. The highest BCUT2D eigenvalue weighted by Crippen LogP contribution is 2.46. The molecule has 6 heterocycles. The van der Waals surface area contributed by atoms with Crippen LogP contribution in [0.3, 0.4) is 0 Å². The van der Waals surface area contributed by atoms with E-state index in [1.807, 2.05) is 18.3 Å². The standard InChI is InChI=1S/C24H23N5O6S2/c1-13-16(26-22(36-13)28-3-5-31-6-4-28)12-34-17-10-19-21(33-8-7-32-19)20-14(17)9-18(35-20)15-11-29-23(25-15)37-24(27-29)30-2/h9-11H,3-8,12H2,1-2H3. The Bertz CT molecular complexity index is 1570. The molecule has 1 fully saturated rings. The molecule has 0 atom stereocenters. The van der Waals surface area contributed by atoms with Crippen LogP contribution in [0, 0.1) is 6.92 Å². The van der Waals surface area contributed by atoms with Crippen LogP contribution in [-0.2, 0) is 11.3 Å². The van der Waals surface area contributed by atoms with Gasteiger partial charge in [-0.2, -0.15) is 0 Å². The van der Waals surface area contributed by atoms with Gasteiger partial charge < -0.3 is 33.0 Å². The molecule has 1 saturated heterocycles. The summed E-state index contributed by atoms with van der Waals surface area (Å²) >= 11 is 3.04. The fraction of sp³-hybridized carbons (Fsp3) is 0.375. The zero-order chi connectivity index (χ0) is 24.9. The van der Waals surface area contributed by atoms with Gasteiger partial charge in [-0.3, -0.25) is 0 Å². The lowest BCUT2D eigenvalue weighted by atomic mass is 10.2. The summed E-state index contributed by atoms with van der Waals surface area (Å²) in [5.74, 6) is 2.38. The summed E-state index contributed by atoms with van der Waals surface area (Å²) in [5.41, 5.74) is 2.13. The maximum absolute atomic E-state index is 6.33. The summed E-state index contributed by atoms with van der Waals surface area (Å²) in [7, 11) is 1.59. The monoisotopic (exact) mass is 541 g/mol. The van der Waals surface area contributed by atoms with Crippen molar-refractivity contribution in [2.45, 2.75) is 13.5 Å². The highest BCUT2D eigenvalue weighted by Gasteiger charge is 2.25. The first-order valence-electron chi connectivity index (χ1n) is 11.8. The van der Waals surface area contributed by atoms with Crippen molar-refractivity contribution in [2.75, 3.05) is 51.5 Å². The minimum atomic E-state index is 0.325. The maximum Gasteiger partial charge on any atom is 0.294 e. The van der Waals surface area contributed by atoms with Gasteiger partial charge in [-0.05, 0) is 24.3 Å². The lowest BCUT2D eigenvalue weighted by Gasteiger charge is -2.26. The molecule has 0 N–H and O–H groups in total. The van der Waals surface area contributed by atoms with E-state index in [1.165, 1.54) is 11.3 Å². The molecule has 7 rings (SSSR count). The Hall–Kier alpha value is -3.55. The second-order valence-electron chi connectivity index (χ2n) is 8.57. The van der Waals surface area contributed by atoms with Crippen molar-refractivity contribution in [3.8, 4) is 33.9 Å². The first-order valence-corrected chi connectivity index (χ1v) is 13.5. The molecule has 0 saturated carbocycles. The second kappa shape index (κ2) is 9.08. The van der Waals surface area contributed by atoms with Gasteiger partial charge in [0.25, 0.3) is 5.19 Å². The molecule has 37 heavy (non-hydrogen) atoms. The summed E-state index contributed by atoms with van der Waals surface area (Å²) in [6.07, 6.45) is 1.81. The number of fused-ring (bicyclic) bond motifs is 4. The lowest BCUT2D eigenvalue weighted by molar-refractivity contribution is 0.122. The number of hydrogen-bond donors (Lipinski definition) is 0. The van der Waals surface area contributed by atoms with Crippen LogP contribution in [-0.4, -0.2) is 66.2 Å². The maximum atomic E-state index is 6.33. The number of rotatable bonds is 6. The van der Waals surface area contributed by atoms with E-state index in [0.717, 1.165) is 47.4 Å². The van der Waals surface area contributed by atoms with Crippen molar-refractivity contribution in [2.24, 2.45) is 0 Å². The van der Waals surface area contributed by atoms with E-state index in [1.54, 1.807) is 23.0 Å². The molecule has 2 aliphatic rings. The first kappa shape index (κ1) is 22.6. The normalized spacial score (nSPS) is 15.6. The summed E-state index contributed by atoms with van der Waals surface area (Å²) < 4.78 is 36.7. The number of ether oxygens (including phenoxy) is 5. The molecule has 192 valence electrons. The number of aryl methyl sites for hydroxylation is 1. The van der Waals surface area contributed by atoms with Gasteiger partial charge >= 0.3 is 0 Å². The number of hydrogen-bond acceptors (Lipinski definition) is 12. The molecule has 5 aromatic rings. The number of aromatic nitrogens is 4. The number of methoxy groups -OCH3 is 1. The molecule has 0 bridgehead atoms. The van der Waals surface area contributed by atoms with Crippen LogP contribution < -0.4 is 23.8 Å². The fourth-order valence-electron chi connectivity index (χ4n) is 4.37. The Labute approximate surface area is 219 Å². The predicted octanol–water partition coefficient (Wildman–Crippen LogP) is 4.16. The molecule has 0 amide bonds. The molecular formula is C24H23N5O6S2. The van der Waals surface area contributed by atoms with Crippen LogP contribution in [0.25, 0.3) is 27.4 Å². The Kier molecular flexibility index (Phi) is 5.55. The minimum Gasteiger partial charge on any atom is -0.486 e. The quantitative estimate of drug-likeness (QED) is 0.311. The third-order valence-corrected chi connectivity index (χ3v) is 8.21. The molecule has 11 nitrogen and oxygen atoms in total. The van der Waals surface area contributed by atoms with Gasteiger partial charge in [-0.1, -0.05) is 0 Å². The third kappa shape index (κ3) is 4.03. The Morgan fingerprint density at radius 3 is 2.76 bits per heavy atom. The lowest BCUT2D eigenvalue weighted by Crippen LogP contribution is -2.36. The number of imidazole rings is 1. The molecule has 2 aliphatic heterocycles. The van der Waals surface area contributed by atoms with E-state index >= 15 is 0 Å². The molecule has 4 aromatic heterocycles. The number of anilines is 1. The predicted molar refractivity (Wildman–Crippen MR) is 138 cm³/mol. The number of benzene rings is 1. The molecule has 0 spiro atoms. The van der Waals surface area contributed by atoms with Crippen LogP contribution in [0.15, 0.2) is 22.7 Å². The molecular weight excluding hydrogens is 518 g/mol. The van der Waals surface area contributed by atoms with Gasteiger partial charge in [0.05, 0.1) is 37.6 Å². The molecule has 0 radical (unpaired) electrons. The van der Waals surface area contributed by atoms with Gasteiger partial charge in [0.15, 0.2) is 22.2 Å². The second-order valence-corrected chi connectivity index (χ2v) is 10.7. The van der Waals surface area contributed by atoms with E-state index in [2.05, 4.69) is 21.9 Å². The van der Waals surface area contributed by atoms with E-state index in [0.29, 0.717) is 64.3 Å². The van der Waals surface area contributed by atoms with Gasteiger partial charge in [-0.15, -0.1) is 16.4 Å². The smallest absolute Gasteiger partial charge is 0.294 e. The van der Waals surface area contributed by atoms with Gasteiger partial charge in [0.2, 0.25) is 10.7 Å². The Morgan fingerprint density at radius 2 is 1.92 bits per heavy atom. The topological polar surface area (TPSA) is 106 Å². The van der Waals surface area contributed by atoms with Gasteiger partial charge in [-0.25, -0.2) is 14.5 Å². The largest absolute Gasteiger partial charge is 0.486 e. The average Bonchev–Trinajstić information content (AvgIpc) is 3.69. The summed E-state index contributed by atoms with van der Waals surface area (Å²) in [6.45, 7) is 6.45. The number of thiazole rings is 1. The molecule has 13 heteroatoms. The molecule has 1 aromatic carbocycles. The summed E-state index contributed by atoms with van der Waals surface area (Å²) in [5, 5.41) is 6.68. The van der Waals surface area contributed by atoms with Gasteiger partial charge in [0, 0.05) is 24.0 Å². The fourth-order valence-corrected chi connectivity index (χ4v) is 6.03. The van der Waals surface area contributed by atoms with E-state index < -0.39 is 0 Å². The highest BCUT2D eigenvalue weighted by atomic mass is 32.1. The van der Waals surface area contributed by atoms with Crippen LogP contribution in [0.1, 0.15) is 10.6 Å². The zero-order valence-corrected chi connectivity index (χ0v) is 21.8. The SMILES string of the molecule is COc1nn2cc(-c3cc4c(OCc5nc(N6CCOCC6)sc5C)cc5c(c4o3)OCCO5)nc2s1. The van der Waals surface area contributed by atoms with E-state index in [9.17, 15) is 0 Å². The van der Waals surface area contributed by atoms with Crippen LogP contribution >= 0.6 is 22.7 Å². The average molecular weight is 542 g/mol. The minimum absolute atomic E-state index is 0.325. The molecule has 0 unspecified atom stereocenters. The van der Waals surface area contributed by atoms with Gasteiger partial charge in [0.1, 0.15) is 31.3 Å². The van der Waals surface area contributed by atoms with Crippen molar-refractivity contribution in [3.05, 3.63) is 28.9 Å². The van der Waals surface area contributed by atoms with Crippen molar-refractivity contribution in [3.63, 3.8) is 0 Å². The van der Waals surface area contributed by atoms with Crippen molar-refractivity contribution < 1.29 is 28.1 Å². The first-order chi connectivity index (χ1) is 18.2. The van der Waals surface area contributed by atoms with E-state index in [4.69, 9.17) is 33.1 Å². The Balaban J connectivity index is 1.22.